The van der Waals surface area contributed by atoms with Crippen LogP contribution in [0, 0.1) is 0 Å². The maximum absolute atomic E-state index is 10.8. The fraction of sp³-hybridized carbons (Fsp3) is 0.500. The maximum atomic E-state index is 10.8. The van der Waals surface area contributed by atoms with Crippen LogP contribution in [0.25, 0.3) is 0 Å². The number of methoxy groups -OCH3 is 1. The van der Waals surface area contributed by atoms with Crippen LogP contribution in [0.4, 0.5) is 0 Å². The molecule has 0 spiro atoms. The van der Waals surface area contributed by atoms with Gasteiger partial charge in [0, 0.05) is 18.8 Å². The summed E-state index contributed by atoms with van der Waals surface area (Å²) in [5, 5.41) is 7.60. The van der Waals surface area contributed by atoms with Gasteiger partial charge in [-0.2, -0.15) is 0 Å². The number of hydrogen-bond acceptors (Lipinski definition) is 5. The molecule has 18 heavy (non-hydrogen) atoms. The van der Waals surface area contributed by atoms with E-state index in [9.17, 15) is 9.59 Å². The van der Waals surface area contributed by atoms with E-state index in [4.69, 9.17) is 19.3 Å². The first kappa shape index (κ1) is 18.7. The van der Waals surface area contributed by atoms with Gasteiger partial charge in [-0.1, -0.05) is 13.2 Å². The Labute approximate surface area is 107 Å². The average molecular weight is 260 g/mol. The number of ether oxygens (including phenoxy) is 3. The highest BCUT2D eigenvalue weighted by molar-refractivity contribution is 5.86. The summed E-state index contributed by atoms with van der Waals surface area (Å²) in [7, 11) is 1.60. The second-order valence-electron chi connectivity index (χ2n) is 3.06. The first-order valence-electron chi connectivity index (χ1n) is 5.20. The molecule has 0 heterocycles. The van der Waals surface area contributed by atoms with Gasteiger partial charge in [0.15, 0.2) is 0 Å². The van der Waals surface area contributed by atoms with Crippen LogP contribution in [0.15, 0.2) is 24.8 Å². The highest BCUT2D eigenvalue weighted by Crippen LogP contribution is 1.91. The molecule has 0 fully saturated rings. The molecular formula is C12H20O6. The third kappa shape index (κ3) is 16.8. The van der Waals surface area contributed by atoms with Gasteiger partial charge in [0.25, 0.3) is 0 Å². The van der Waals surface area contributed by atoms with Crippen molar-refractivity contribution in [1.29, 1.82) is 0 Å². The maximum Gasteiger partial charge on any atom is 0.333 e. The lowest BCUT2D eigenvalue weighted by atomic mass is 10.4. The highest BCUT2D eigenvalue weighted by Gasteiger charge is 2.01. The van der Waals surface area contributed by atoms with Gasteiger partial charge in [-0.15, -0.1) is 0 Å². The summed E-state index contributed by atoms with van der Waals surface area (Å²) in [5.41, 5.74) is 0.400. The van der Waals surface area contributed by atoms with Crippen molar-refractivity contribution in [2.24, 2.45) is 0 Å². The fourth-order valence-corrected chi connectivity index (χ4v) is 0.561. The molecule has 0 saturated heterocycles. The summed E-state index contributed by atoms with van der Waals surface area (Å²) in [4.78, 5) is 20.1. The second-order valence-corrected chi connectivity index (χ2v) is 3.06. The van der Waals surface area contributed by atoms with Crippen LogP contribution in [-0.2, 0) is 23.8 Å². The van der Waals surface area contributed by atoms with Gasteiger partial charge in [-0.25, -0.2) is 9.59 Å². The number of carboxylic acid groups (broad SMARTS) is 1. The van der Waals surface area contributed by atoms with Crippen molar-refractivity contribution in [3.63, 3.8) is 0 Å². The van der Waals surface area contributed by atoms with Crippen molar-refractivity contribution in [3.8, 4) is 0 Å². The third-order valence-electron chi connectivity index (χ3n) is 1.42. The predicted octanol–water partition coefficient (Wildman–Crippen LogP) is 1.03. The molecule has 0 aromatic carbocycles. The van der Waals surface area contributed by atoms with E-state index in [0.717, 1.165) is 6.08 Å². The molecule has 0 atom stereocenters. The number of rotatable bonds is 8. The SMILES string of the molecule is C=C(C)C(=O)OCCOCCOC.C=CC(=O)O. The Kier molecular flexibility index (Phi) is 13.9. The molecule has 1 N–H and O–H groups in total. The number of esters is 1. The van der Waals surface area contributed by atoms with Crippen LogP contribution in [0.1, 0.15) is 6.92 Å². The summed E-state index contributed by atoms with van der Waals surface area (Å²) in [6.45, 7) is 9.73. The standard InChI is InChI=1S/C9H16O4.C3H4O2/c1-8(2)9(10)13-7-6-12-5-4-11-3;1-2-3(4)5/h1,4-7H2,2-3H3;2H,1H2,(H,4,5). The Balaban J connectivity index is 0. The molecular weight excluding hydrogens is 240 g/mol. The van der Waals surface area contributed by atoms with E-state index in [2.05, 4.69) is 13.2 Å². The molecule has 0 saturated carbocycles. The van der Waals surface area contributed by atoms with Crippen molar-refractivity contribution in [1.82, 2.24) is 0 Å². The Morgan fingerprint density at radius 2 is 1.72 bits per heavy atom. The van der Waals surface area contributed by atoms with E-state index < -0.39 is 5.97 Å². The summed E-state index contributed by atoms with van der Waals surface area (Å²) in [6.07, 6.45) is 0.833. The van der Waals surface area contributed by atoms with Crippen molar-refractivity contribution in [2.45, 2.75) is 6.92 Å². The molecule has 0 unspecified atom stereocenters. The third-order valence-corrected chi connectivity index (χ3v) is 1.42. The number of carbonyl (C=O) groups excluding carboxylic acids is 1. The molecule has 104 valence electrons. The van der Waals surface area contributed by atoms with Gasteiger partial charge in [-0.3, -0.25) is 0 Å². The molecule has 0 rings (SSSR count). The quantitative estimate of drug-likeness (QED) is 0.398. The largest absolute Gasteiger partial charge is 0.478 e. The number of aliphatic carboxylic acids is 1. The molecule has 0 aliphatic heterocycles. The number of hydrogen-bond donors (Lipinski definition) is 1. The average Bonchev–Trinajstić information content (AvgIpc) is 2.33. The first-order chi connectivity index (χ1) is 8.45. The van der Waals surface area contributed by atoms with Gasteiger partial charge >= 0.3 is 11.9 Å². The van der Waals surface area contributed by atoms with Crippen molar-refractivity contribution in [3.05, 3.63) is 24.8 Å². The molecule has 0 aliphatic carbocycles. The van der Waals surface area contributed by atoms with E-state index in [1.165, 1.54) is 0 Å². The molecule has 0 aromatic rings. The smallest absolute Gasteiger partial charge is 0.333 e. The monoisotopic (exact) mass is 260 g/mol. The Hall–Kier alpha value is -1.66. The zero-order valence-corrected chi connectivity index (χ0v) is 10.8. The van der Waals surface area contributed by atoms with Crippen molar-refractivity contribution < 1.29 is 28.9 Å². The van der Waals surface area contributed by atoms with E-state index in [1.807, 2.05) is 0 Å². The zero-order chi connectivity index (χ0) is 14.4. The fourth-order valence-electron chi connectivity index (χ4n) is 0.561. The first-order valence-corrected chi connectivity index (χ1v) is 5.20. The molecule has 0 aromatic heterocycles. The van der Waals surface area contributed by atoms with Gasteiger partial charge in [0.1, 0.15) is 6.61 Å². The van der Waals surface area contributed by atoms with Crippen LogP contribution in [-0.4, -0.2) is 50.6 Å². The lowest BCUT2D eigenvalue weighted by Gasteiger charge is -2.04. The second kappa shape index (κ2) is 13.4. The van der Waals surface area contributed by atoms with Gasteiger partial charge in [0.05, 0.1) is 19.8 Å². The van der Waals surface area contributed by atoms with E-state index in [-0.39, 0.29) is 12.6 Å². The van der Waals surface area contributed by atoms with Crippen molar-refractivity contribution >= 4 is 11.9 Å². The van der Waals surface area contributed by atoms with Crippen LogP contribution in [0.3, 0.4) is 0 Å². The van der Waals surface area contributed by atoms with Crippen LogP contribution < -0.4 is 0 Å². The molecule has 0 amide bonds. The van der Waals surface area contributed by atoms with E-state index in [1.54, 1.807) is 14.0 Å². The summed E-state index contributed by atoms with van der Waals surface area (Å²) >= 11 is 0. The normalized spacial score (nSPS) is 8.78. The highest BCUT2D eigenvalue weighted by atomic mass is 16.6. The van der Waals surface area contributed by atoms with Gasteiger partial charge < -0.3 is 19.3 Å². The van der Waals surface area contributed by atoms with Gasteiger partial charge in [-0.05, 0) is 6.92 Å². The topological polar surface area (TPSA) is 82.1 Å². The number of carboxylic acids is 1. The lowest BCUT2D eigenvalue weighted by molar-refractivity contribution is -0.140. The minimum Gasteiger partial charge on any atom is -0.478 e. The zero-order valence-electron chi connectivity index (χ0n) is 10.8. The Morgan fingerprint density at radius 1 is 1.22 bits per heavy atom. The summed E-state index contributed by atoms with van der Waals surface area (Å²) in [6, 6.07) is 0. The van der Waals surface area contributed by atoms with Crippen LogP contribution in [0.5, 0.6) is 0 Å². The minimum atomic E-state index is -0.981. The molecule has 6 nitrogen and oxygen atoms in total. The molecule has 6 heteroatoms. The Bertz CT molecular complexity index is 272. The van der Waals surface area contributed by atoms with E-state index >= 15 is 0 Å². The minimum absolute atomic E-state index is 0.259. The van der Waals surface area contributed by atoms with Crippen LogP contribution >= 0.6 is 0 Å². The predicted molar refractivity (Wildman–Crippen MR) is 66.3 cm³/mol. The lowest BCUT2D eigenvalue weighted by Crippen LogP contribution is -2.12. The Morgan fingerprint density at radius 3 is 2.11 bits per heavy atom. The molecule has 0 radical (unpaired) electrons. The van der Waals surface area contributed by atoms with E-state index in [0.29, 0.717) is 25.4 Å². The summed E-state index contributed by atoms with van der Waals surface area (Å²) < 4.78 is 14.6. The van der Waals surface area contributed by atoms with Crippen molar-refractivity contribution in [2.75, 3.05) is 33.5 Å². The number of carbonyl (C=O) groups is 2. The van der Waals surface area contributed by atoms with Crippen LogP contribution in [0.2, 0.25) is 0 Å². The molecule has 0 aliphatic rings. The molecule has 0 bridgehead atoms. The van der Waals surface area contributed by atoms with Gasteiger partial charge in [0.2, 0.25) is 0 Å². The summed E-state index contributed by atoms with van der Waals surface area (Å²) in [5.74, 6) is -1.36.